The third-order valence-electron chi connectivity index (χ3n) is 6.44. The lowest BCUT2D eigenvalue weighted by Crippen LogP contribution is -2.40. The molecule has 3 heterocycles. The van der Waals surface area contributed by atoms with Crippen molar-refractivity contribution in [2.45, 2.75) is 25.0 Å². The first kappa shape index (κ1) is 27.6. The van der Waals surface area contributed by atoms with E-state index in [1.165, 1.54) is 36.5 Å². The van der Waals surface area contributed by atoms with E-state index in [0.717, 1.165) is 18.5 Å². The molecule has 5 rings (SSSR count). The van der Waals surface area contributed by atoms with Gasteiger partial charge in [-0.05, 0) is 37.1 Å². The first-order chi connectivity index (χ1) is 19.1. The van der Waals surface area contributed by atoms with Crippen LogP contribution in [0.4, 0.5) is 18.9 Å². The highest BCUT2D eigenvalue weighted by Crippen LogP contribution is 2.33. The maximum absolute atomic E-state index is 15.1. The molecule has 210 valence electrons. The number of halogens is 3. The van der Waals surface area contributed by atoms with Crippen molar-refractivity contribution < 1.29 is 35.9 Å². The molecule has 0 amide bonds. The van der Waals surface area contributed by atoms with Gasteiger partial charge in [0.2, 0.25) is 10.0 Å². The number of pyridine rings is 1. The van der Waals surface area contributed by atoms with Gasteiger partial charge in [-0.3, -0.25) is 4.79 Å². The zero-order valence-corrected chi connectivity index (χ0v) is 22.0. The number of ether oxygens (including phenoxy) is 2. The molecule has 0 spiro atoms. The molecule has 1 aliphatic rings. The van der Waals surface area contributed by atoms with E-state index in [1.54, 1.807) is 6.07 Å². The van der Waals surface area contributed by atoms with Gasteiger partial charge in [0.15, 0.2) is 23.2 Å². The number of anilines is 1. The van der Waals surface area contributed by atoms with Gasteiger partial charge >= 0.3 is 0 Å². The highest BCUT2D eigenvalue weighted by Gasteiger charge is 2.27. The van der Waals surface area contributed by atoms with Gasteiger partial charge in [0.25, 0.3) is 0 Å². The number of H-pyrrole nitrogens is 1. The molecule has 40 heavy (non-hydrogen) atoms. The molecule has 0 bridgehead atoms. The number of aromatic amines is 1. The SMILES string of the molecule is CS(=O)(=O)NC[C@@H]1CC[C@@H](Nc2c(F)cnc3[nH]cc(C(=O)c4ccc(Oc5ccccc5F)cc4F)c23)CO1. The predicted molar refractivity (Wildman–Crippen MR) is 142 cm³/mol. The summed E-state index contributed by atoms with van der Waals surface area (Å²) < 4.78 is 80.2. The molecule has 9 nitrogen and oxygen atoms in total. The second-order valence-electron chi connectivity index (χ2n) is 9.40. The van der Waals surface area contributed by atoms with E-state index in [9.17, 15) is 17.6 Å². The number of aromatic nitrogens is 2. The number of nitrogens with one attached hydrogen (secondary N) is 3. The fraction of sp³-hybridized carbons (Fsp3) is 0.259. The van der Waals surface area contributed by atoms with E-state index in [2.05, 4.69) is 20.0 Å². The Morgan fingerprint density at radius 1 is 1.10 bits per heavy atom. The van der Waals surface area contributed by atoms with Crippen molar-refractivity contribution in [3.63, 3.8) is 0 Å². The molecule has 13 heteroatoms. The molecule has 2 aromatic heterocycles. The van der Waals surface area contributed by atoms with Crippen LogP contribution < -0.4 is 14.8 Å². The van der Waals surface area contributed by atoms with E-state index in [0.29, 0.717) is 12.8 Å². The highest BCUT2D eigenvalue weighted by molar-refractivity contribution is 7.88. The molecule has 1 fully saturated rings. The topological polar surface area (TPSA) is 122 Å². The summed E-state index contributed by atoms with van der Waals surface area (Å²) >= 11 is 0. The van der Waals surface area contributed by atoms with Crippen molar-refractivity contribution in [1.82, 2.24) is 14.7 Å². The lowest BCUT2D eigenvalue weighted by molar-refractivity contribution is 0.0133. The molecule has 1 saturated heterocycles. The Morgan fingerprint density at radius 2 is 1.90 bits per heavy atom. The predicted octanol–water partition coefficient (Wildman–Crippen LogP) is 4.51. The average Bonchev–Trinajstić information content (AvgIpc) is 3.35. The van der Waals surface area contributed by atoms with E-state index >= 15 is 8.78 Å². The number of carbonyl (C=O) groups is 1. The molecule has 0 aliphatic carbocycles. The van der Waals surface area contributed by atoms with E-state index in [-0.39, 0.29) is 64.6 Å². The maximum Gasteiger partial charge on any atom is 0.208 e. The molecule has 0 radical (unpaired) electrons. The number of sulfonamides is 1. The van der Waals surface area contributed by atoms with Gasteiger partial charge in [-0.15, -0.1) is 0 Å². The van der Waals surface area contributed by atoms with Crippen LogP contribution in [0.1, 0.15) is 28.8 Å². The second-order valence-corrected chi connectivity index (χ2v) is 11.2. The Kier molecular flexibility index (Phi) is 7.79. The first-order valence-electron chi connectivity index (χ1n) is 12.3. The van der Waals surface area contributed by atoms with Crippen LogP contribution in [0.25, 0.3) is 11.0 Å². The zero-order chi connectivity index (χ0) is 28.4. The van der Waals surface area contributed by atoms with Gasteiger partial charge in [0.1, 0.15) is 17.2 Å². The largest absolute Gasteiger partial charge is 0.454 e. The quantitative estimate of drug-likeness (QED) is 0.252. The van der Waals surface area contributed by atoms with Crippen molar-refractivity contribution in [2.24, 2.45) is 0 Å². The van der Waals surface area contributed by atoms with Crippen LogP contribution in [0.15, 0.2) is 54.9 Å². The van der Waals surface area contributed by atoms with Gasteiger partial charge in [0.05, 0.1) is 47.4 Å². The molecule has 3 N–H and O–H groups in total. The Morgan fingerprint density at radius 3 is 2.60 bits per heavy atom. The van der Waals surface area contributed by atoms with Crippen molar-refractivity contribution in [2.75, 3.05) is 24.7 Å². The van der Waals surface area contributed by atoms with Gasteiger partial charge in [-0.25, -0.2) is 31.3 Å². The molecule has 0 saturated carbocycles. The van der Waals surface area contributed by atoms with Crippen LogP contribution in [0, 0.1) is 17.5 Å². The molecule has 4 aromatic rings. The summed E-state index contributed by atoms with van der Waals surface area (Å²) in [6.07, 6.45) is 4.14. The van der Waals surface area contributed by atoms with Crippen LogP contribution in [0.2, 0.25) is 0 Å². The number of nitrogens with zero attached hydrogens (tertiary/aromatic N) is 1. The van der Waals surface area contributed by atoms with E-state index in [1.807, 2.05) is 0 Å². The van der Waals surface area contributed by atoms with E-state index in [4.69, 9.17) is 9.47 Å². The lowest BCUT2D eigenvalue weighted by atomic mass is 10.0. The summed E-state index contributed by atoms with van der Waals surface area (Å²) in [7, 11) is -3.35. The summed E-state index contributed by atoms with van der Waals surface area (Å²) in [4.78, 5) is 20.2. The van der Waals surface area contributed by atoms with Gasteiger partial charge in [-0.2, -0.15) is 0 Å². The molecule has 2 aromatic carbocycles. The van der Waals surface area contributed by atoms with E-state index < -0.39 is 33.3 Å². The van der Waals surface area contributed by atoms with Gasteiger partial charge in [0, 0.05) is 24.8 Å². The molecular weight excluding hydrogens is 549 g/mol. The molecule has 2 atom stereocenters. The number of hydrogen-bond acceptors (Lipinski definition) is 7. The molecule has 0 unspecified atom stereocenters. The number of hydrogen-bond donors (Lipinski definition) is 3. The molecule has 1 aliphatic heterocycles. The fourth-order valence-corrected chi connectivity index (χ4v) is 4.95. The summed E-state index contributed by atoms with van der Waals surface area (Å²) in [5, 5.41) is 3.22. The minimum absolute atomic E-state index is 0.00173. The van der Waals surface area contributed by atoms with Crippen molar-refractivity contribution in [3.05, 3.63) is 83.4 Å². The summed E-state index contributed by atoms with van der Waals surface area (Å²) in [5.74, 6) is -3.06. The van der Waals surface area contributed by atoms with Crippen molar-refractivity contribution in [1.29, 1.82) is 0 Å². The van der Waals surface area contributed by atoms with Gasteiger partial charge in [-0.1, -0.05) is 12.1 Å². The molecular formula is C27H25F3N4O5S. The third kappa shape index (κ3) is 6.11. The highest BCUT2D eigenvalue weighted by atomic mass is 32.2. The number of fused-ring (bicyclic) bond motifs is 1. The minimum Gasteiger partial charge on any atom is -0.454 e. The third-order valence-corrected chi connectivity index (χ3v) is 7.13. The first-order valence-corrected chi connectivity index (χ1v) is 14.2. The average molecular weight is 575 g/mol. The number of rotatable bonds is 9. The Balaban J connectivity index is 1.36. The smallest absolute Gasteiger partial charge is 0.208 e. The Labute approximate surface area is 227 Å². The van der Waals surface area contributed by atoms with Gasteiger partial charge < -0.3 is 19.8 Å². The number of carbonyl (C=O) groups excluding carboxylic acids is 1. The van der Waals surface area contributed by atoms with Crippen molar-refractivity contribution >= 4 is 32.5 Å². The zero-order valence-electron chi connectivity index (χ0n) is 21.2. The number of ketones is 1. The minimum atomic E-state index is -3.35. The van der Waals surface area contributed by atoms with Crippen LogP contribution in [0.3, 0.4) is 0 Å². The lowest BCUT2D eigenvalue weighted by Gasteiger charge is -2.30. The summed E-state index contributed by atoms with van der Waals surface area (Å²) in [5.41, 5.74) is -0.0627. The standard InChI is InChI=1S/C27H25F3N4O5S/c1-40(36,37)33-11-17-7-6-15(14-38-17)34-25-22(30)13-32-27-24(25)19(12-31-27)26(35)18-9-8-16(10-21(18)29)39-23-5-3-2-4-20(23)28/h2-5,8-10,12-13,15,17,33H,6-7,11,14H2,1H3,(H2,31,32,34)/t15-,17+/m1/s1. The number of benzene rings is 2. The monoisotopic (exact) mass is 574 g/mol. The van der Waals surface area contributed by atoms with Crippen LogP contribution >= 0.6 is 0 Å². The van der Waals surface area contributed by atoms with Crippen LogP contribution in [-0.2, 0) is 14.8 Å². The Bertz CT molecular complexity index is 1670. The van der Waals surface area contributed by atoms with Crippen LogP contribution in [-0.4, -0.2) is 55.7 Å². The summed E-state index contributed by atoms with van der Waals surface area (Å²) in [6, 6.07) is 8.84. The normalized spacial score (nSPS) is 17.6. The van der Waals surface area contributed by atoms with Crippen LogP contribution in [0.5, 0.6) is 11.5 Å². The Hall–Kier alpha value is -3.94. The second kappa shape index (κ2) is 11.3. The maximum atomic E-state index is 15.1. The summed E-state index contributed by atoms with van der Waals surface area (Å²) in [6.45, 7) is 0.302. The number of para-hydroxylation sites is 1. The fourth-order valence-electron chi connectivity index (χ4n) is 4.46. The van der Waals surface area contributed by atoms with Crippen molar-refractivity contribution in [3.8, 4) is 11.5 Å².